The van der Waals surface area contributed by atoms with E-state index in [9.17, 15) is 9.90 Å². The molecule has 1 aliphatic carbocycles. The van der Waals surface area contributed by atoms with Gasteiger partial charge in [-0.3, -0.25) is 4.79 Å². The zero-order valence-electron chi connectivity index (χ0n) is 13.7. The first-order valence-corrected chi connectivity index (χ1v) is 8.32. The molecule has 0 spiro atoms. The molecule has 1 fully saturated rings. The number of nitrogens with zero attached hydrogens (tertiary/aromatic N) is 3. The molecule has 0 saturated heterocycles. The van der Waals surface area contributed by atoms with Crippen molar-refractivity contribution in [1.82, 2.24) is 20.3 Å². The number of benzene rings is 1. The van der Waals surface area contributed by atoms with Crippen molar-refractivity contribution in [3.63, 3.8) is 0 Å². The van der Waals surface area contributed by atoms with E-state index in [1.807, 2.05) is 31.2 Å². The summed E-state index contributed by atoms with van der Waals surface area (Å²) < 4.78 is 5.41. The molecule has 3 rings (SSSR count). The van der Waals surface area contributed by atoms with Crippen LogP contribution in [0.1, 0.15) is 48.8 Å². The number of nitrogens with one attached hydrogen (secondary N) is 1. The highest BCUT2D eigenvalue weighted by Crippen LogP contribution is 2.19. The first-order valence-electron chi connectivity index (χ1n) is 8.32. The van der Waals surface area contributed by atoms with Gasteiger partial charge in [-0.2, -0.15) is 4.80 Å². The van der Waals surface area contributed by atoms with Gasteiger partial charge < -0.3 is 15.2 Å². The number of amides is 1. The van der Waals surface area contributed by atoms with Crippen molar-refractivity contribution >= 4 is 5.91 Å². The fraction of sp³-hybridized carbons (Fsp3) is 0.471. The molecule has 128 valence electrons. The minimum atomic E-state index is -0.329. The largest absolute Gasteiger partial charge is 0.494 e. The lowest BCUT2D eigenvalue weighted by atomic mass is 10.2. The van der Waals surface area contributed by atoms with Gasteiger partial charge in [0.15, 0.2) is 5.69 Å². The highest BCUT2D eigenvalue weighted by molar-refractivity contribution is 5.93. The Morgan fingerprint density at radius 2 is 2.00 bits per heavy atom. The number of hydrogen-bond donors (Lipinski definition) is 2. The van der Waals surface area contributed by atoms with Crippen molar-refractivity contribution in [1.29, 1.82) is 0 Å². The number of carbonyl (C=O) groups excluding carboxylic acids is 1. The second-order valence-corrected chi connectivity index (χ2v) is 5.82. The third-order valence-corrected chi connectivity index (χ3v) is 4.12. The van der Waals surface area contributed by atoms with E-state index in [0.29, 0.717) is 12.3 Å². The molecule has 1 heterocycles. The smallest absolute Gasteiger partial charge is 0.274 e. The number of hydrogen-bond acceptors (Lipinski definition) is 5. The number of aliphatic hydroxyl groups excluding tert-OH is 1. The maximum absolute atomic E-state index is 12.4. The van der Waals surface area contributed by atoms with Crippen molar-refractivity contribution in [2.75, 3.05) is 6.61 Å². The molecule has 0 bridgehead atoms. The Bertz CT molecular complexity index is 690. The van der Waals surface area contributed by atoms with Crippen molar-refractivity contribution in [2.45, 2.75) is 45.3 Å². The third-order valence-electron chi connectivity index (χ3n) is 4.12. The van der Waals surface area contributed by atoms with Gasteiger partial charge in [0.05, 0.1) is 18.9 Å². The summed E-state index contributed by atoms with van der Waals surface area (Å²) >= 11 is 0. The second kappa shape index (κ2) is 7.44. The zero-order valence-corrected chi connectivity index (χ0v) is 13.7. The van der Waals surface area contributed by atoms with Crippen LogP contribution < -0.4 is 10.1 Å². The minimum absolute atomic E-state index is 0.179. The summed E-state index contributed by atoms with van der Waals surface area (Å²) in [5, 5.41) is 20.9. The number of carbonyl (C=O) groups is 1. The molecule has 0 unspecified atom stereocenters. The number of aromatic nitrogens is 3. The van der Waals surface area contributed by atoms with Crippen LogP contribution in [0.3, 0.4) is 0 Å². The normalized spacial score (nSPS) is 14.8. The average molecular weight is 330 g/mol. The van der Waals surface area contributed by atoms with Crippen LogP contribution in [0.15, 0.2) is 24.3 Å². The maximum atomic E-state index is 12.4. The van der Waals surface area contributed by atoms with E-state index < -0.39 is 0 Å². The summed E-state index contributed by atoms with van der Waals surface area (Å²) in [6.45, 7) is 2.19. The summed E-state index contributed by atoms with van der Waals surface area (Å²) in [7, 11) is 0. The molecule has 1 amide bonds. The molecule has 2 N–H and O–H groups in total. The molecular formula is C17H22N4O3. The van der Waals surface area contributed by atoms with Crippen molar-refractivity contribution in [3.05, 3.63) is 35.7 Å². The lowest BCUT2D eigenvalue weighted by Gasteiger charge is -2.10. The fourth-order valence-corrected chi connectivity index (χ4v) is 2.90. The average Bonchev–Trinajstić information content (AvgIpc) is 3.25. The van der Waals surface area contributed by atoms with Gasteiger partial charge in [0, 0.05) is 6.04 Å². The van der Waals surface area contributed by atoms with E-state index in [2.05, 4.69) is 15.5 Å². The standard InChI is InChI=1S/C17H22N4O3/c1-2-24-14-9-7-13(8-10-14)21-19-15(11-22)16(20-21)17(23)18-12-5-3-4-6-12/h7-10,12,22H,2-6,11H2,1H3,(H,18,23). The van der Waals surface area contributed by atoms with E-state index >= 15 is 0 Å². The molecule has 0 atom stereocenters. The molecule has 0 radical (unpaired) electrons. The fourth-order valence-electron chi connectivity index (χ4n) is 2.90. The van der Waals surface area contributed by atoms with Gasteiger partial charge in [0.25, 0.3) is 5.91 Å². The summed E-state index contributed by atoms with van der Waals surface area (Å²) in [6.07, 6.45) is 4.26. The third kappa shape index (κ3) is 3.56. The van der Waals surface area contributed by atoms with Crippen LogP contribution in [-0.4, -0.2) is 38.7 Å². The Balaban J connectivity index is 1.79. The number of ether oxygens (including phenoxy) is 1. The van der Waals surface area contributed by atoms with Crippen LogP contribution in [0.25, 0.3) is 5.69 Å². The number of aliphatic hydroxyl groups is 1. The predicted octanol–water partition coefficient (Wildman–Crippen LogP) is 1.83. The van der Waals surface area contributed by atoms with Gasteiger partial charge in [0.1, 0.15) is 11.4 Å². The highest BCUT2D eigenvalue weighted by Gasteiger charge is 2.23. The molecule has 1 aliphatic rings. The van der Waals surface area contributed by atoms with Crippen LogP contribution in [0, 0.1) is 0 Å². The Labute approximate surface area is 140 Å². The van der Waals surface area contributed by atoms with Crippen LogP contribution >= 0.6 is 0 Å². The van der Waals surface area contributed by atoms with Crippen molar-refractivity contribution in [3.8, 4) is 11.4 Å². The zero-order chi connectivity index (χ0) is 16.9. The molecule has 1 aromatic heterocycles. The van der Waals surface area contributed by atoms with Gasteiger partial charge >= 0.3 is 0 Å². The molecule has 0 aliphatic heterocycles. The van der Waals surface area contributed by atoms with E-state index in [4.69, 9.17) is 4.74 Å². The highest BCUT2D eigenvalue weighted by atomic mass is 16.5. The van der Waals surface area contributed by atoms with E-state index in [1.54, 1.807) is 0 Å². The van der Waals surface area contributed by atoms with Crippen LogP contribution in [0.2, 0.25) is 0 Å². The Kier molecular flexibility index (Phi) is 5.10. The lowest BCUT2D eigenvalue weighted by molar-refractivity contribution is 0.0929. The Hall–Kier alpha value is -2.41. The predicted molar refractivity (Wildman–Crippen MR) is 88.2 cm³/mol. The van der Waals surface area contributed by atoms with E-state index in [1.165, 1.54) is 4.80 Å². The van der Waals surface area contributed by atoms with Crippen molar-refractivity contribution < 1.29 is 14.6 Å². The lowest BCUT2D eigenvalue weighted by Crippen LogP contribution is -2.33. The van der Waals surface area contributed by atoms with Crippen LogP contribution in [0.4, 0.5) is 0 Å². The van der Waals surface area contributed by atoms with Gasteiger partial charge in [-0.25, -0.2) is 0 Å². The van der Waals surface area contributed by atoms with E-state index in [-0.39, 0.29) is 29.9 Å². The monoisotopic (exact) mass is 330 g/mol. The first kappa shape index (κ1) is 16.4. The molecule has 1 aromatic carbocycles. The Morgan fingerprint density at radius 3 is 2.62 bits per heavy atom. The summed E-state index contributed by atoms with van der Waals surface area (Å²) in [5.41, 5.74) is 1.16. The van der Waals surface area contributed by atoms with Gasteiger partial charge in [-0.1, -0.05) is 12.8 Å². The van der Waals surface area contributed by atoms with Gasteiger partial charge in [0.2, 0.25) is 0 Å². The summed E-state index contributed by atoms with van der Waals surface area (Å²) in [4.78, 5) is 13.8. The molecule has 7 nitrogen and oxygen atoms in total. The molecule has 1 saturated carbocycles. The quantitative estimate of drug-likeness (QED) is 0.843. The first-order chi connectivity index (χ1) is 11.7. The molecule has 7 heteroatoms. The topological polar surface area (TPSA) is 89.3 Å². The van der Waals surface area contributed by atoms with Gasteiger partial charge in [-0.15, -0.1) is 10.2 Å². The van der Waals surface area contributed by atoms with Crippen LogP contribution in [0.5, 0.6) is 5.75 Å². The molecule has 24 heavy (non-hydrogen) atoms. The Morgan fingerprint density at radius 1 is 1.29 bits per heavy atom. The van der Waals surface area contributed by atoms with Crippen molar-refractivity contribution in [2.24, 2.45) is 0 Å². The molecule has 2 aromatic rings. The SMILES string of the molecule is CCOc1ccc(-n2nc(CO)c(C(=O)NC3CCCC3)n2)cc1. The second-order valence-electron chi connectivity index (χ2n) is 5.82. The maximum Gasteiger partial charge on any atom is 0.274 e. The molecular weight excluding hydrogens is 308 g/mol. The number of rotatable bonds is 6. The van der Waals surface area contributed by atoms with Gasteiger partial charge in [-0.05, 0) is 44.0 Å². The van der Waals surface area contributed by atoms with Crippen LogP contribution in [-0.2, 0) is 6.61 Å². The summed E-state index contributed by atoms with van der Waals surface area (Å²) in [5.74, 6) is 0.484. The minimum Gasteiger partial charge on any atom is -0.494 e. The van der Waals surface area contributed by atoms with E-state index in [0.717, 1.165) is 31.4 Å². The summed E-state index contributed by atoms with van der Waals surface area (Å²) in [6, 6.07) is 7.45.